The molecule has 21 heavy (non-hydrogen) atoms. The average Bonchev–Trinajstić information content (AvgIpc) is 2.48. The monoisotopic (exact) mass is 296 g/mol. The molecule has 0 saturated heterocycles. The van der Waals surface area contributed by atoms with E-state index in [1.165, 1.54) is 12.5 Å². The maximum Gasteiger partial charge on any atom is 0.417 e. The number of nitrogens with zero attached hydrogens (tertiary/aromatic N) is 2. The maximum atomic E-state index is 13.1. The summed E-state index contributed by atoms with van der Waals surface area (Å²) in [5, 5.41) is 8.85. The molecule has 2 nitrogen and oxygen atoms in total. The minimum absolute atomic E-state index is 0.303. The smallest absolute Gasteiger partial charge is 0.369 e. The second-order valence-electron chi connectivity index (χ2n) is 5.42. The molecule has 0 N–H and O–H groups in total. The Kier molecular flexibility index (Phi) is 4.76. The molecule has 1 fully saturated rings. The molecule has 1 aromatic carbocycles. The first kappa shape index (κ1) is 15.7. The zero-order chi connectivity index (χ0) is 15.5. The second-order valence-corrected chi connectivity index (χ2v) is 5.42. The van der Waals surface area contributed by atoms with Gasteiger partial charge < -0.3 is 4.90 Å². The van der Waals surface area contributed by atoms with Gasteiger partial charge in [0.05, 0.1) is 17.2 Å². The number of hydrogen-bond acceptors (Lipinski definition) is 2. The topological polar surface area (TPSA) is 27.0 Å². The van der Waals surface area contributed by atoms with Gasteiger partial charge in [0, 0.05) is 18.3 Å². The molecule has 0 aliphatic heterocycles. The summed E-state index contributed by atoms with van der Waals surface area (Å²) in [6, 6.07) is 5.96. The van der Waals surface area contributed by atoms with E-state index in [4.69, 9.17) is 5.26 Å². The first-order valence-corrected chi connectivity index (χ1v) is 7.35. The largest absolute Gasteiger partial charge is 0.417 e. The van der Waals surface area contributed by atoms with E-state index < -0.39 is 11.7 Å². The van der Waals surface area contributed by atoms with Crippen LogP contribution >= 0.6 is 0 Å². The molecule has 0 heterocycles. The Balaban J connectivity index is 2.36. The van der Waals surface area contributed by atoms with Crippen molar-refractivity contribution in [3.05, 3.63) is 29.3 Å². The average molecular weight is 296 g/mol. The van der Waals surface area contributed by atoms with Crippen LogP contribution < -0.4 is 4.90 Å². The van der Waals surface area contributed by atoms with Crippen LogP contribution in [0.2, 0.25) is 0 Å². The molecule has 1 aromatic rings. The number of benzene rings is 1. The Morgan fingerprint density at radius 1 is 1.24 bits per heavy atom. The van der Waals surface area contributed by atoms with Gasteiger partial charge in [0.1, 0.15) is 0 Å². The highest BCUT2D eigenvalue weighted by molar-refractivity contribution is 5.55. The predicted molar refractivity (Wildman–Crippen MR) is 76.1 cm³/mol. The Hall–Kier alpha value is -1.70. The van der Waals surface area contributed by atoms with E-state index in [9.17, 15) is 13.2 Å². The van der Waals surface area contributed by atoms with Gasteiger partial charge in [0.25, 0.3) is 0 Å². The summed E-state index contributed by atoms with van der Waals surface area (Å²) in [7, 11) is 0. The number of alkyl halides is 3. The number of rotatable bonds is 3. The van der Waals surface area contributed by atoms with Crippen LogP contribution in [0.5, 0.6) is 0 Å². The van der Waals surface area contributed by atoms with Crippen molar-refractivity contribution in [2.45, 2.75) is 51.2 Å². The van der Waals surface area contributed by atoms with E-state index in [0.29, 0.717) is 18.3 Å². The van der Waals surface area contributed by atoms with E-state index in [1.807, 2.05) is 11.8 Å². The Bertz CT molecular complexity index is 525. The van der Waals surface area contributed by atoms with Crippen LogP contribution in [0, 0.1) is 11.3 Å². The van der Waals surface area contributed by atoms with Gasteiger partial charge in [-0.15, -0.1) is 0 Å². The van der Waals surface area contributed by atoms with Gasteiger partial charge in [-0.25, -0.2) is 0 Å². The van der Waals surface area contributed by atoms with Crippen molar-refractivity contribution in [1.29, 1.82) is 5.26 Å². The van der Waals surface area contributed by atoms with Gasteiger partial charge in [-0.05, 0) is 38.0 Å². The predicted octanol–water partition coefficient (Wildman–Crippen LogP) is 4.74. The lowest BCUT2D eigenvalue weighted by Gasteiger charge is -2.35. The van der Waals surface area contributed by atoms with Gasteiger partial charge >= 0.3 is 6.18 Å². The fraction of sp³-hybridized carbons (Fsp3) is 0.562. The van der Waals surface area contributed by atoms with Gasteiger partial charge in [-0.2, -0.15) is 18.4 Å². The lowest BCUT2D eigenvalue weighted by molar-refractivity contribution is -0.137. The molecule has 5 heteroatoms. The van der Waals surface area contributed by atoms with Crippen LogP contribution in [0.1, 0.15) is 50.2 Å². The summed E-state index contributed by atoms with van der Waals surface area (Å²) in [5.74, 6) is 0. The highest BCUT2D eigenvalue weighted by atomic mass is 19.4. The van der Waals surface area contributed by atoms with E-state index in [-0.39, 0.29) is 5.56 Å². The minimum atomic E-state index is -4.49. The first-order chi connectivity index (χ1) is 9.97. The van der Waals surface area contributed by atoms with Crippen LogP contribution in [-0.4, -0.2) is 12.6 Å². The van der Waals surface area contributed by atoms with Gasteiger partial charge in [0.2, 0.25) is 0 Å². The summed E-state index contributed by atoms with van der Waals surface area (Å²) in [6.45, 7) is 2.63. The van der Waals surface area contributed by atoms with Gasteiger partial charge in [-0.1, -0.05) is 19.3 Å². The normalized spacial score (nSPS) is 16.5. The summed E-state index contributed by atoms with van der Waals surface area (Å²) < 4.78 is 39.2. The Labute approximate surface area is 123 Å². The number of anilines is 1. The third-order valence-corrected chi connectivity index (χ3v) is 4.12. The molecule has 0 amide bonds. The standard InChI is InChI=1S/C16H19F3N2/c1-2-21(13-6-4-3-5-7-13)14-9-8-12(11-20)15(10-14)16(17,18)19/h8-10,13H,2-7H2,1H3. The van der Waals surface area contributed by atoms with E-state index in [1.54, 1.807) is 12.1 Å². The second kappa shape index (κ2) is 6.38. The maximum absolute atomic E-state index is 13.1. The van der Waals surface area contributed by atoms with Crippen LogP contribution in [0.3, 0.4) is 0 Å². The third kappa shape index (κ3) is 3.49. The molecule has 1 aliphatic carbocycles. The third-order valence-electron chi connectivity index (χ3n) is 4.12. The number of halogens is 3. The number of hydrogen-bond donors (Lipinski definition) is 0. The number of nitriles is 1. The van der Waals surface area contributed by atoms with E-state index in [0.717, 1.165) is 31.7 Å². The van der Waals surface area contributed by atoms with Crippen LogP contribution in [0.25, 0.3) is 0 Å². The van der Waals surface area contributed by atoms with Crippen molar-refractivity contribution in [2.24, 2.45) is 0 Å². The molecule has 0 bridgehead atoms. The van der Waals surface area contributed by atoms with Crippen LogP contribution in [0.4, 0.5) is 18.9 Å². The minimum Gasteiger partial charge on any atom is -0.369 e. The molecular weight excluding hydrogens is 277 g/mol. The molecular formula is C16H19F3N2. The van der Waals surface area contributed by atoms with Crippen molar-refractivity contribution in [2.75, 3.05) is 11.4 Å². The fourth-order valence-electron chi connectivity index (χ4n) is 3.09. The van der Waals surface area contributed by atoms with Crippen molar-refractivity contribution in [3.63, 3.8) is 0 Å². The van der Waals surface area contributed by atoms with Gasteiger partial charge in [0.15, 0.2) is 0 Å². The van der Waals surface area contributed by atoms with E-state index in [2.05, 4.69) is 0 Å². The Morgan fingerprint density at radius 3 is 2.43 bits per heavy atom. The zero-order valence-electron chi connectivity index (χ0n) is 12.1. The summed E-state index contributed by atoms with van der Waals surface area (Å²) in [6.07, 6.45) is 1.01. The van der Waals surface area contributed by atoms with Crippen LogP contribution in [-0.2, 0) is 6.18 Å². The summed E-state index contributed by atoms with van der Waals surface area (Å²) >= 11 is 0. The lowest BCUT2D eigenvalue weighted by atomic mass is 9.93. The fourth-order valence-corrected chi connectivity index (χ4v) is 3.09. The van der Waals surface area contributed by atoms with Crippen LogP contribution in [0.15, 0.2) is 18.2 Å². The van der Waals surface area contributed by atoms with Crippen molar-refractivity contribution in [3.8, 4) is 6.07 Å². The van der Waals surface area contributed by atoms with E-state index >= 15 is 0 Å². The highest BCUT2D eigenvalue weighted by Gasteiger charge is 2.34. The molecule has 0 spiro atoms. The van der Waals surface area contributed by atoms with Crippen molar-refractivity contribution in [1.82, 2.24) is 0 Å². The van der Waals surface area contributed by atoms with Gasteiger partial charge in [-0.3, -0.25) is 0 Å². The Morgan fingerprint density at radius 2 is 1.90 bits per heavy atom. The molecule has 0 unspecified atom stereocenters. The quantitative estimate of drug-likeness (QED) is 0.805. The molecule has 0 aromatic heterocycles. The highest BCUT2D eigenvalue weighted by Crippen LogP contribution is 2.36. The molecule has 0 atom stereocenters. The molecule has 2 rings (SSSR count). The molecule has 0 radical (unpaired) electrons. The van der Waals surface area contributed by atoms with Crippen molar-refractivity contribution < 1.29 is 13.2 Å². The first-order valence-electron chi connectivity index (χ1n) is 7.35. The van der Waals surface area contributed by atoms with Crippen molar-refractivity contribution >= 4 is 5.69 Å². The summed E-state index contributed by atoms with van der Waals surface area (Å²) in [5.41, 5.74) is -0.585. The SMILES string of the molecule is CCN(c1ccc(C#N)c(C(F)(F)F)c1)C1CCCCC1. The lowest BCUT2D eigenvalue weighted by Crippen LogP contribution is -2.36. The molecule has 1 saturated carbocycles. The molecule has 114 valence electrons. The zero-order valence-corrected chi connectivity index (χ0v) is 12.1. The summed E-state index contributed by atoms with van der Waals surface area (Å²) in [4.78, 5) is 2.04. The molecule has 1 aliphatic rings.